The molecule has 0 saturated carbocycles. The molecule has 0 radical (unpaired) electrons. The zero-order valence-corrected chi connectivity index (χ0v) is 14.8. The van der Waals surface area contributed by atoms with Crippen molar-refractivity contribution in [2.75, 3.05) is 0 Å². The number of hydrogen-bond acceptors (Lipinski definition) is 3. The maximum atomic E-state index is 12.8. The van der Waals surface area contributed by atoms with Crippen LogP contribution in [0.4, 0.5) is 13.2 Å². The zero-order chi connectivity index (χ0) is 21.2. The highest BCUT2D eigenvalue weighted by Gasteiger charge is 2.31. The van der Waals surface area contributed by atoms with E-state index in [1.807, 2.05) is 0 Å². The van der Waals surface area contributed by atoms with Crippen molar-refractivity contribution in [1.82, 2.24) is 10.3 Å². The second-order valence-corrected chi connectivity index (χ2v) is 6.34. The van der Waals surface area contributed by atoms with E-state index in [2.05, 4.69) is 10.3 Å². The Bertz CT molecular complexity index is 1120. The van der Waals surface area contributed by atoms with Crippen molar-refractivity contribution in [3.05, 3.63) is 81.6 Å². The third-order valence-electron chi connectivity index (χ3n) is 4.34. The molecule has 1 aromatic heterocycles. The first-order chi connectivity index (χ1) is 13.7. The van der Waals surface area contributed by atoms with E-state index in [1.165, 1.54) is 0 Å². The molecule has 150 valence electrons. The van der Waals surface area contributed by atoms with Gasteiger partial charge in [-0.15, -0.1) is 0 Å². The molecule has 1 amide bonds. The third-order valence-corrected chi connectivity index (χ3v) is 4.34. The second-order valence-electron chi connectivity index (χ2n) is 6.34. The van der Waals surface area contributed by atoms with Crippen molar-refractivity contribution in [2.24, 2.45) is 0 Å². The van der Waals surface area contributed by atoms with Gasteiger partial charge in [-0.1, -0.05) is 30.3 Å². The summed E-state index contributed by atoms with van der Waals surface area (Å²) in [6.07, 6.45) is -3.60. The Morgan fingerprint density at radius 3 is 2.41 bits per heavy atom. The number of aliphatic carboxylic acids is 1. The number of fused-ring (bicyclic) bond motifs is 1. The summed E-state index contributed by atoms with van der Waals surface area (Å²) in [5.74, 6) is -2.22. The Labute approximate surface area is 162 Å². The van der Waals surface area contributed by atoms with Crippen molar-refractivity contribution in [3.63, 3.8) is 0 Å². The molecule has 3 N–H and O–H groups in total. The number of nitrogens with one attached hydrogen (secondary N) is 2. The summed E-state index contributed by atoms with van der Waals surface area (Å²) in [6, 6.07) is 9.81. The van der Waals surface area contributed by atoms with Crippen LogP contribution in [0.5, 0.6) is 0 Å². The van der Waals surface area contributed by atoms with E-state index in [4.69, 9.17) is 0 Å². The van der Waals surface area contributed by atoms with Gasteiger partial charge in [0.15, 0.2) is 0 Å². The Morgan fingerprint density at radius 1 is 1.10 bits per heavy atom. The van der Waals surface area contributed by atoms with Crippen LogP contribution in [0.1, 0.15) is 21.5 Å². The minimum absolute atomic E-state index is 0.00232. The van der Waals surface area contributed by atoms with Gasteiger partial charge in [-0.05, 0) is 23.8 Å². The van der Waals surface area contributed by atoms with Gasteiger partial charge in [0, 0.05) is 23.5 Å². The topological polar surface area (TPSA) is 99.3 Å². The minimum Gasteiger partial charge on any atom is -0.480 e. The average Bonchev–Trinajstić information content (AvgIpc) is 2.67. The number of carbonyl (C=O) groups is 2. The fourth-order valence-electron chi connectivity index (χ4n) is 2.85. The molecule has 0 spiro atoms. The molecule has 6 nitrogen and oxygen atoms in total. The largest absolute Gasteiger partial charge is 0.480 e. The molecule has 2 aromatic carbocycles. The van der Waals surface area contributed by atoms with Gasteiger partial charge in [0.2, 0.25) is 5.43 Å². The SMILES string of the molecule is O=C(N[C@@H](Cc1ccccc1)C(=O)O)c1c[nH]c2cc(C(F)(F)F)ccc2c1=O. The molecule has 9 heteroatoms. The smallest absolute Gasteiger partial charge is 0.416 e. The first-order valence-electron chi connectivity index (χ1n) is 8.47. The molecular weight excluding hydrogens is 389 g/mol. The molecule has 1 atom stereocenters. The molecule has 0 aliphatic rings. The van der Waals surface area contributed by atoms with Crippen LogP contribution in [-0.4, -0.2) is 28.0 Å². The molecular formula is C20H15F3N2O4. The summed E-state index contributed by atoms with van der Waals surface area (Å²) in [5.41, 5.74) is -1.54. The summed E-state index contributed by atoms with van der Waals surface area (Å²) in [7, 11) is 0. The number of H-pyrrole nitrogens is 1. The number of carbonyl (C=O) groups excluding carboxylic acids is 1. The van der Waals surface area contributed by atoms with Gasteiger partial charge >= 0.3 is 12.1 Å². The highest BCUT2D eigenvalue weighted by molar-refractivity contribution is 5.99. The highest BCUT2D eigenvalue weighted by Crippen LogP contribution is 2.30. The van der Waals surface area contributed by atoms with E-state index in [1.54, 1.807) is 30.3 Å². The van der Waals surface area contributed by atoms with Crippen molar-refractivity contribution in [3.8, 4) is 0 Å². The molecule has 0 unspecified atom stereocenters. The quantitative estimate of drug-likeness (QED) is 0.609. The summed E-state index contributed by atoms with van der Waals surface area (Å²) in [6.45, 7) is 0. The van der Waals surface area contributed by atoms with Crippen LogP contribution >= 0.6 is 0 Å². The lowest BCUT2D eigenvalue weighted by Gasteiger charge is -2.15. The number of halogens is 3. The monoisotopic (exact) mass is 404 g/mol. The summed E-state index contributed by atoms with van der Waals surface area (Å²) in [4.78, 5) is 39.0. The fourth-order valence-corrected chi connectivity index (χ4v) is 2.85. The van der Waals surface area contributed by atoms with E-state index >= 15 is 0 Å². The van der Waals surface area contributed by atoms with E-state index in [-0.39, 0.29) is 17.3 Å². The third kappa shape index (κ3) is 4.45. The van der Waals surface area contributed by atoms with E-state index in [9.17, 15) is 32.7 Å². The molecule has 0 saturated heterocycles. The van der Waals surface area contributed by atoms with Crippen LogP contribution in [0.15, 0.2) is 59.5 Å². The van der Waals surface area contributed by atoms with Gasteiger partial charge in [0.05, 0.1) is 5.56 Å². The van der Waals surface area contributed by atoms with Crippen LogP contribution in [0, 0.1) is 0 Å². The number of hydrogen-bond donors (Lipinski definition) is 3. The van der Waals surface area contributed by atoms with Crippen molar-refractivity contribution in [2.45, 2.75) is 18.6 Å². The van der Waals surface area contributed by atoms with Crippen LogP contribution in [-0.2, 0) is 17.4 Å². The Hall–Kier alpha value is -3.62. The van der Waals surface area contributed by atoms with Crippen LogP contribution in [0.3, 0.4) is 0 Å². The van der Waals surface area contributed by atoms with Crippen LogP contribution in [0.2, 0.25) is 0 Å². The standard InChI is InChI=1S/C20H15F3N2O4/c21-20(22,23)12-6-7-13-15(9-12)24-10-14(17(13)26)18(27)25-16(19(28)29)8-11-4-2-1-3-5-11/h1-7,9-10,16H,8H2,(H,24,26)(H,25,27)(H,28,29)/t16-/m0/s1. The van der Waals surface area contributed by atoms with Gasteiger partial charge in [0.25, 0.3) is 5.91 Å². The lowest BCUT2D eigenvalue weighted by atomic mass is 10.0. The number of aromatic amines is 1. The second kappa shape index (κ2) is 7.78. The number of carboxylic acid groups (broad SMARTS) is 1. The number of rotatable bonds is 5. The highest BCUT2D eigenvalue weighted by atomic mass is 19.4. The number of benzene rings is 2. The average molecular weight is 404 g/mol. The van der Waals surface area contributed by atoms with Gasteiger partial charge in [-0.3, -0.25) is 9.59 Å². The number of amides is 1. The summed E-state index contributed by atoms with van der Waals surface area (Å²) < 4.78 is 38.4. The molecule has 0 fully saturated rings. The van der Waals surface area contributed by atoms with Crippen LogP contribution < -0.4 is 10.7 Å². The number of alkyl halides is 3. The zero-order valence-electron chi connectivity index (χ0n) is 14.8. The van der Waals surface area contributed by atoms with Crippen molar-refractivity contribution in [1.29, 1.82) is 0 Å². The van der Waals surface area contributed by atoms with Crippen LogP contribution in [0.25, 0.3) is 10.9 Å². The van der Waals surface area contributed by atoms with E-state index < -0.39 is 40.7 Å². The fraction of sp³-hybridized carbons (Fsp3) is 0.150. The van der Waals surface area contributed by atoms with E-state index in [0.717, 1.165) is 24.4 Å². The van der Waals surface area contributed by atoms with Gasteiger partial charge in [-0.25, -0.2) is 4.79 Å². The molecule has 0 aliphatic carbocycles. The molecule has 0 bridgehead atoms. The Balaban J connectivity index is 1.88. The minimum atomic E-state index is -4.58. The predicted octanol–water partition coefficient (Wildman–Crippen LogP) is 2.97. The Kier molecular flexibility index (Phi) is 5.40. The molecule has 1 heterocycles. The maximum Gasteiger partial charge on any atom is 0.416 e. The maximum absolute atomic E-state index is 12.8. The van der Waals surface area contributed by atoms with Crippen molar-refractivity contribution >= 4 is 22.8 Å². The first-order valence-corrected chi connectivity index (χ1v) is 8.47. The van der Waals surface area contributed by atoms with Gasteiger partial charge in [-0.2, -0.15) is 13.2 Å². The van der Waals surface area contributed by atoms with E-state index in [0.29, 0.717) is 5.56 Å². The lowest BCUT2D eigenvalue weighted by Crippen LogP contribution is -2.43. The Morgan fingerprint density at radius 2 is 1.79 bits per heavy atom. The van der Waals surface area contributed by atoms with Crippen molar-refractivity contribution < 1.29 is 27.9 Å². The number of aromatic nitrogens is 1. The first kappa shape index (κ1) is 20.1. The number of carboxylic acids is 1. The normalized spacial score (nSPS) is 12.5. The lowest BCUT2D eigenvalue weighted by molar-refractivity contribution is -0.139. The molecule has 29 heavy (non-hydrogen) atoms. The number of pyridine rings is 1. The molecule has 3 rings (SSSR count). The summed E-state index contributed by atoms with van der Waals surface area (Å²) in [5, 5.41) is 11.5. The predicted molar refractivity (Wildman–Crippen MR) is 98.6 cm³/mol. The summed E-state index contributed by atoms with van der Waals surface area (Å²) >= 11 is 0. The van der Waals surface area contributed by atoms with Gasteiger partial charge in [0.1, 0.15) is 11.6 Å². The van der Waals surface area contributed by atoms with Gasteiger partial charge < -0.3 is 15.4 Å². The molecule has 3 aromatic rings. The molecule has 0 aliphatic heterocycles.